The summed E-state index contributed by atoms with van der Waals surface area (Å²) in [7, 11) is -1.61. The molecule has 1 aliphatic heterocycles. The minimum absolute atomic E-state index is 0.118. The van der Waals surface area contributed by atoms with Gasteiger partial charge in [0.1, 0.15) is 0 Å². The number of sulfonamides is 1. The molecule has 0 radical (unpaired) electrons. The smallest absolute Gasteiger partial charge is 0.278 e. The summed E-state index contributed by atoms with van der Waals surface area (Å²) in [5.41, 5.74) is 0.834. The normalized spacial score (nSPS) is 16.5. The van der Waals surface area contributed by atoms with Gasteiger partial charge in [-0.1, -0.05) is 23.7 Å². The first kappa shape index (κ1) is 18.8. The molecule has 1 fully saturated rings. The van der Waals surface area contributed by atoms with E-state index in [0.29, 0.717) is 37.3 Å². The summed E-state index contributed by atoms with van der Waals surface area (Å²) in [6.45, 7) is 2.27. The van der Waals surface area contributed by atoms with Crippen LogP contribution in [0.4, 0.5) is 5.69 Å². The minimum atomic E-state index is -3.57. The molecule has 138 valence electrons. The molecule has 1 heterocycles. The monoisotopic (exact) mass is 395 g/mol. The van der Waals surface area contributed by atoms with Gasteiger partial charge in [-0.3, -0.25) is 10.1 Å². The lowest BCUT2D eigenvalue weighted by molar-refractivity contribution is -0.384. The van der Waals surface area contributed by atoms with Gasteiger partial charge in [0, 0.05) is 37.3 Å². The molecule has 0 bridgehead atoms. The fraction of sp³-hybridized carbons (Fsp3) is 0.294. The Hall–Kier alpha value is -2.00. The average Bonchev–Trinajstić information content (AvgIpc) is 2.62. The summed E-state index contributed by atoms with van der Waals surface area (Å²) >= 11 is 5.84. The minimum Gasteiger partial charge on any atom is -0.304 e. The van der Waals surface area contributed by atoms with Crippen molar-refractivity contribution in [2.45, 2.75) is 4.90 Å². The van der Waals surface area contributed by atoms with E-state index in [1.165, 1.54) is 22.5 Å². The van der Waals surface area contributed by atoms with Crippen molar-refractivity contribution in [3.63, 3.8) is 0 Å². The number of nitrogens with zero attached hydrogens (tertiary/aromatic N) is 3. The molecule has 2 aromatic carbocycles. The van der Waals surface area contributed by atoms with Crippen LogP contribution in [-0.4, -0.2) is 55.8 Å². The largest absolute Gasteiger partial charge is 0.304 e. The molecule has 2 aromatic rings. The maximum absolute atomic E-state index is 12.7. The first-order valence-electron chi connectivity index (χ1n) is 8.02. The fourth-order valence-electron chi connectivity index (χ4n) is 2.88. The zero-order chi connectivity index (χ0) is 18.9. The third-order valence-corrected chi connectivity index (χ3v) is 6.57. The van der Waals surface area contributed by atoms with Crippen molar-refractivity contribution in [3.05, 3.63) is 57.6 Å². The lowest BCUT2D eigenvalue weighted by Crippen LogP contribution is -2.46. The van der Waals surface area contributed by atoms with Crippen molar-refractivity contribution >= 4 is 27.3 Å². The topological polar surface area (TPSA) is 83.8 Å². The number of rotatable bonds is 4. The Kier molecular flexibility index (Phi) is 5.29. The van der Waals surface area contributed by atoms with Crippen LogP contribution >= 0.6 is 11.6 Å². The van der Waals surface area contributed by atoms with Gasteiger partial charge in [0.2, 0.25) is 10.0 Å². The molecule has 9 heteroatoms. The molecule has 0 saturated carbocycles. The number of hydrogen-bond acceptors (Lipinski definition) is 5. The molecule has 0 atom stereocenters. The van der Waals surface area contributed by atoms with E-state index in [1.54, 1.807) is 24.3 Å². The SMILES string of the molecule is CN1CCN(S(=O)(=O)c2ccc(-c3ccc(Cl)cc3[N+](=O)[O-])cc2)CC1. The molecule has 0 unspecified atom stereocenters. The number of piperazine rings is 1. The van der Waals surface area contributed by atoms with Crippen molar-refractivity contribution in [2.24, 2.45) is 0 Å². The zero-order valence-corrected chi connectivity index (χ0v) is 15.7. The van der Waals surface area contributed by atoms with Crippen LogP contribution < -0.4 is 0 Å². The number of nitro benzene ring substituents is 1. The summed E-state index contributed by atoms with van der Waals surface area (Å²) in [5, 5.41) is 11.5. The standard InChI is InChI=1S/C17H18ClN3O4S/c1-19-8-10-20(11-9-19)26(24,25)15-5-2-13(3-6-15)16-7-4-14(18)12-17(16)21(22)23/h2-7,12H,8-11H2,1H3. The van der Waals surface area contributed by atoms with Gasteiger partial charge in [-0.15, -0.1) is 0 Å². The lowest BCUT2D eigenvalue weighted by Gasteiger charge is -2.31. The highest BCUT2D eigenvalue weighted by Crippen LogP contribution is 2.33. The van der Waals surface area contributed by atoms with E-state index in [-0.39, 0.29) is 15.6 Å². The van der Waals surface area contributed by atoms with Gasteiger partial charge in [0.25, 0.3) is 5.69 Å². The van der Waals surface area contributed by atoms with Crippen LogP contribution in [0.3, 0.4) is 0 Å². The van der Waals surface area contributed by atoms with Crippen LogP contribution in [0.5, 0.6) is 0 Å². The average molecular weight is 396 g/mol. The highest BCUT2D eigenvalue weighted by Gasteiger charge is 2.27. The molecule has 0 aromatic heterocycles. The summed E-state index contributed by atoms with van der Waals surface area (Å²) < 4.78 is 27.0. The summed E-state index contributed by atoms with van der Waals surface area (Å²) in [4.78, 5) is 13.0. The van der Waals surface area contributed by atoms with Crippen molar-refractivity contribution in [1.82, 2.24) is 9.21 Å². The molecule has 0 N–H and O–H groups in total. The molecule has 3 rings (SSSR count). The van der Waals surface area contributed by atoms with E-state index < -0.39 is 14.9 Å². The molecule has 0 spiro atoms. The van der Waals surface area contributed by atoms with Crippen molar-refractivity contribution < 1.29 is 13.3 Å². The Labute approximate surface area is 157 Å². The molecular formula is C17H18ClN3O4S. The Morgan fingerprint density at radius 3 is 2.23 bits per heavy atom. The van der Waals surface area contributed by atoms with Crippen LogP contribution in [0.2, 0.25) is 5.02 Å². The van der Waals surface area contributed by atoms with Gasteiger partial charge in [0.15, 0.2) is 0 Å². The van der Waals surface area contributed by atoms with E-state index in [1.807, 2.05) is 7.05 Å². The lowest BCUT2D eigenvalue weighted by atomic mass is 10.0. The summed E-state index contributed by atoms with van der Waals surface area (Å²) in [6.07, 6.45) is 0. The number of nitro groups is 1. The van der Waals surface area contributed by atoms with Crippen molar-refractivity contribution in [1.29, 1.82) is 0 Å². The maximum atomic E-state index is 12.7. The predicted molar refractivity (Wildman–Crippen MR) is 99.8 cm³/mol. The molecule has 1 saturated heterocycles. The molecule has 1 aliphatic rings. The van der Waals surface area contributed by atoms with E-state index in [9.17, 15) is 18.5 Å². The number of halogens is 1. The van der Waals surface area contributed by atoms with Crippen LogP contribution in [0.15, 0.2) is 47.4 Å². The predicted octanol–water partition coefficient (Wildman–Crippen LogP) is 2.85. The van der Waals surface area contributed by atoms with E-state index in [4.69, 9.17) is 11.6 Å². The number of likely N-dealkylation sites (N-methyl/N-ethyl adjacent to an activating group) is 1. The Morgan fingerprint density at radius 1 is 1.04 bits per heavy atom. The highest BCUT2D eigenvalue weighted by atomic mass is 35.5. The van der Waals surface area contributed by atoms with Crippen LogP contribution in [0.25, 0.3) is 11.1 Å². The van der Waals surface area contributed by atoms with Crippen molar-refractivity contribution in [3.8, 4) is 11.1 Å². The quantitative estimate of drug-likeness (QED) is 0.587. The van der Waals surface area contributed by atoms with Crippen LogP contribution in [-0.2, 0) is 10.0 Å². The number of hydrogen-bond donors (Lipinski definition) is 0. The summed E-state index contributed by atoms with van der Waals surface area (Å²) in [6, 6.07) is 10.6. The van der Waals surface area contributed by atoms with Gasteiger partial charge in [-0.25, -0.2) is 8.42 Å². The van der Waals surface area contributed by atoms with Gasteiger partial charge in [0.05, 0.1) is 15.4 Å². The Bertz CT molecular complexity index is 924. The third kappa shape index (κ3) is 3.73. The van der Waals surface area contributed by atoms with E-state index >= 15 is 0 Å². The second kappa shape index (κ2) is 7.32. The third-order valence-electron chi connectivity index (χ3n) is 4.42. The zero-order valence-electron chi connectivity index (χ0n) is 14.1. The molecule has 7 nitrogen and oxygen atoms in total. The maximum Gasteiger partial charge on any atom is 0.278 e. The van der Waals surface area contributed by atoms with Crippen LogP contribution in [0.1, 0.15) is 0 Å². The highest BCUT2D eigenvalue weighted by molar-refractivity contribution is 7.89. The second-order valence-electron chi connectivity index (χ2n) is 6.15. The Morgan fingerprint density at radius 2 is 1.65 bits per heavy atom. The van der Waals surface area contributed by atoms with Crippen LogP contribution in [0, 0.1) is 10.1 Å². The first-order chi connectivity index (χ1) is 12.3. The van der Waals surface area contributed by atoms with E-state index in [2.05, 4.69) is 4.90 Å². The second-order valence-corrected chi connectivity index (χ2v) is 8.52. The molecule has 0 amide bonds. The van der Waals surface area contributed by atoms with Gasteiger partial charge in [-0.2, -0.15) is 4.31 Å². The van der Waals surface area contributed by atoms with Gasteiger partial charge >= 0.3 is 0 Å². The first-order valence-corrected chi connectivity index (χ1v) is 9.84. The van der Waals surface area contributed by atoms with Gasteiger partial charge in [-0.05, 0) is 36.9 Å². The summed E-state index contributed by atoms with van der Waals surface area (Å²) in [5.74, 6) is 0. The van der Waals surface area contributed by atoms with Gasteiger partial charge < -0.3 is 4.90 Å². The molecule has 26 heavy (non-hydrogen) atoms. The van der Waals surface area contributed by atoms with E-state index in [0.717, 1.165) is 0 Å². The molecular weight excluding hydrogens is 378 g/mol. The fourth-order valence-corrected chi connectivity index (χ4v) is 4.47. The number of benzene rings is 2. The van der Waals surface area contributed by atoms with Crippen molar-refractivity contribution in [2.75, 3.05) is 33.2 Å². The molecule has 0 aliphatic carbocycles. The Balaban J connectivity index is 1.91.